The summed E-state index contributed by atoms with van der Waals surface area (Å²) in [6, 6.07) is 3.89. The molecule has 1 N–H and O–H groups in total. The topological polar surface area (TPSA) is 32.9 Å². The number of aromatic nitrogens is 1. The van der Waals surface area contributed by atoms with Gasteiger partial charge >= 0.3 is 0 Å². The van der Waals surface area contributed by atoms with Crippen molar-refractivity contribution in [1.29, 1.82) is 0 Å². The molecule has 1 aromatic heterocycles. The van der Waals surface area contributed by atoms with Crippen LogP contribution in [0, 0.1) is 5.41 Å². The van der Waals surface area contributed by atoms with E-state index >= 15 is 0 Å². The highest BCUT2D eigenvalue weighted by molar-refractivity contribution is 6.64. The van der Waals surface area contributed by atoms with E-state index in [0.717, 1.165) is 0 Å². The summed E-state index contributed by atoms with van der Waals surface area (Å²) in [6.45, 7) is 5.34. The molecule has 0 radical (unpaired) electrons. The van der Waals surface area contributed by atoms with E-state index in [1.807, 2.05) is 24.5 Å². The van der Waals surface area contributed by atoms with Crippen LogP contribution < -0.4 is 0 Å². The summed E-state index contributed by atoms with van der Waals surface area (Å²) >= 11 is 5.11. The van der Waals surface area contributed by atoms with Crippen LogP contribution in [-0.4, -0.2) is 10.2 Å². The quantitative estimate of drug-likeness (QED) is 0.623. The molecule has 12 heavy (non-hydrogen) atoms. The van der Waals surface area contributed by atoms with Crippen molar-refractivity contribution < 1.29 is 4.79 Å². The van der Waals surface area contributed by atoms with Crippen LogP contribution in [0.4, 0.5) is 0 Å². The molecule has 0 bridgehead atoms. The Kier molecular flexibility index (Phi) is 4.67. The maximum Gasteiger partial charge on any atom is 0.226 e. The standard InChI is InChI=1S/C5H9ClO.C4H5N/c1-5(2,3)4(6)7;1-2-4-5-3-1/h1-3H3;1-5H. The summed E-state index contributed by atoms with van der Waals surface area (Å²) in [5.41, 5.74) is -0.373. The highest BCUT2D eigenvalue weighted by Crippen LogP contribution is 2.15. The van der Waals surface area contributed by atoms with E-state index in [1.165, 1.54) is 0 Å². The van der Waals surface area contributed by atoms with E-state index in [9.17, 15) is 4.79 Å². The normalized spacial score (nSPS) is 10.0. The Bertz CT molecular complexity index is 194. The van der Waals surface area contributed by atoms with Gasteiger partial charge in [-0.15, -0.1) is 0 Å². The number of nitrogens with one attached hydrogen (secondary N) is 1. The molecule has 1 aromatic rings. The maximum atomic E-state index is 10.2. The van der Waals surface area contributed by atoms with Gasteiger partial charge in [-0.1, -0.05) is 20.8 Å². The lowest BCUT2D eigenvalue weighted by Crippen LogP contribution is -2.13. The van der Waals surface area contributed by atoms with Crippen molar-refractivity contribution in [1.82, 2.24) is 4.98 Å². The Labute approximate surface area is 77.9 Å². The fraction of sp³-hybridized carbons (Fsp3) is 0.444. The molecule has 68 valence electrons. The number of H-pyrrole nitrogens is 1. The summed E-state index contributed by atoms with van der Waals surface area (Å²) in [5, 5.41) is -0.285. The van der Waals surface area contributed by atoms with E-state index in [1.54, 1.807) is 20.8 Å². The smallest absolute Gasteiger partial charge is 0.226 e. The van der Waals surface area contributed by atoms with Gasteiger partial charge in [0.1, 0.15) is 0 Å². The first kappa shape index (κ1) is 11.2. The van der Waals surface area contributed by atoms with Crippen LogP contribution in [-0.2, 0) is 4.79 Å². The van der Waals surface area contributed by atoms with Crippen LogP contribution in [0.15, 0.2) is 24.5 Å². The molecule has 0 aromatic carbocycles. The molecule has 0 aliphatic heterocycles. The molecule has 0 fully saturated rings. The zero-order valence-electron chi connectivity index (χ0n) is 7.60. The van der Waals surface area contributed by atoms with E-state index < -0.39 is 0 Å². The van der Waals surface area contributed by atoms with Crippen molar-refractivity contribution in [2.24, 2.45) is 5.41 Å². The van der Waals surface area contributed by atoms with Gasteiger partial charge in [-0.2, -0.15) is 0 Å². The van der Waals surface area contributed by atoms with Gasteiger partial charge in [-0.3, -0.25) is 4.79 Å². The van der Waals surface area contributed by atoms with Crippen LogP contribution in [0.1, 0.15) is 20.8 Å². The second-order valence-corrected chi connectivity index (χ2v) is 3.75. The molecule has 0 spiro atoms. The monoisotopic (exact) mass is 187 g/mol. The largest absolute Gasteiger partial charge is 0.368 e. The van der Waals surface area contributed by atoms with Crippen molar-refractivity contribution in [2.45, 2.75) is 20.8 Å². The molecule has 0 saturated carbocycles. The first-order valence-corrected chi connectivity index (χ1v) is 4.10. The molecule has 0 unspecified atom stereocenters. The van der Waals surface area contributed by atoms with Crippen LogP contribution in [0.3, 0.4) is 0 Å². The minimum Gasteiger partial charge on any atom is -0.368 e. The average Bonchev–Trinajstić information content (AvgIpc) is 2.39. The summed E-state index contributed by atoms with van der Waals surface area (Å²) in [5.74, 6) is 0. The van der Waals surface area contributed by atoms with Gasteiger partial charge in [0.05, 0.1) is 0 Å². The van der Waals surface area contributed by atoms with Gasteiger partial charge in [-0.05, 0) is 23.7 Å². The Hall–Kier alpha value is -0.760. The number of aromatic amines is 1. The van der Waals surface area contributed by atoms with Crippen LogP contribution in [0.25, 0.3) is 0 Å². The number of halogens is 1. The molecule has 3 heteroatoms. The van der Waals surface area contributed by atoms with E-state index in [-0.39, 0.29) is 10.7 Å². The fourth-order valence-electron chi connectivity index (χ4n) is 0.278. The SMILES string of the molecule is CC(C)(C)C(=O)Cl.c1cc[nH]c1. The Morgan fingerprint density at radius 2 is 1.58 bits per heavy atom. The molecule has 0 saturated heterocycles. The highest BCUT2D eigenvalue weighted by Gasteiger charge is 2.17. The third-order valence-corrected chi connectivity index (χ3v) is 1.65. The lowest BCUT2D eigenvalue weighted by atomic mass is 10.00. The minimum atomic E-state index is -0.373. The average molecular weight is 188 g/mol. The fourth-order valence-corrected chi connectivity index (χ4v) is 0.278. The molecule has 0 atom stereocenters. The predicted octanol–water partition coefficient (Wildman–Crippen LogP) is 2.81. The molecule has 1 heterocycles. The number of carbonyl (C=O) groups excluding carboxylic acids is 1. The summed E-state index contributed by atoms with van der Waals surface area (Å²) in [7, 11) is 0. The Balaban J connectivity index is 0.000000211. The van der Waals surface area contributed by atoms with Crippen molar-refractivity contribution in [3.8, 4) is 0 Å². The summed E-state index contributed by atoms with van der Waals surface area (Å²) < 4.78 is 0. The zero-order valence-corrected chi connectivity index (χ0v) is 8.35. The third-order valence-electron chi connectivity index (χ3n) is 1.09. The van der Waals surface area contributed by atoms with Gasteiger partial charge in [0, 0.05) is 17.8 Å². The van der Waals surface area contributed by atoms with Crippen LogP contribution in [0.5, 0.6) is 0 Å². The van der Waals surface area contributed by atoms with Crippen molar-refractivity contribution in [3.05, 3.63) is 24.5 Å². The summed E-state index contributed by atoms with van der Waals surface area (Å²) in [4.78, 5) is 13.1. The van der Waals surface area contributed by atoms with Gasteiger partial charge in [0.2, 0.25) is 5.24 Å². The van der Waals surface area contributed by atoms with E-state index in [0.29, 0.717) is 0 Å². The first-order chi connectivity index (χ1) is 5.44. The van der Waals surface area contributed by atoms with Crippen LogP contribution in [0.2, 0.25) is 0 Å². The van der Waals surface area contributed by atoms with Crippen molar-refractivity contribution in [2.75, 3.05) is 0 Å². The molecule has 0 aliphatic rings. The number of hydrogen-bond donors (Lipinski definition) is 1. The highest BCUT2D eigenvalue weighted by atomic mass is 35.5. The Morgan fingerprint density at radius 1 is 1.25 bits per heavy atom. The van der Waals surface area contributed by atoms with Gasteiger partial charge in [-0.25, -0.2) is 0 Å². The van der Waals surface area contributed by atoms with E-state index in [2.05, 4.69) is 4.98 Å². The van der Waals surface area contributed by atoms with Gasteiger partial charge in [0.15, 0.2) is 0 Å². The lowest BCUT2D eigenvalue weighted by molar-refractivity contribution is -0.118. The van der Waals surface area contributed by atoms with E-state index in [4.69, 9.17) is 11.6 Å². The Morgan fingerprint density at radius 3 is 1.67 bits per heavy atom. The van der Waals surface area contributed by atoms with Gasteiger partial charge in [0.25, 0.3) is 0 Å². The zero-order chi connectivity index (χ0) is 9.61. The molecule has 0 amide bonds. The van der Waals surface area contributed by atoms with Crippen LogP contribution >= 0.6 is 11.6 Å². The second-order valence-electron chi connectivity index (χ2n) is 3.41. The van der Waals surface area contributed by atoms with Gasteiger partial charge < -0.3 is 4.98 Å². The lowest BCUT2D eigenvalue weighted by Gasteiger charge is -2.08. The number of rotatable bonds is 0. The minimum absolute atomic E-state index is 0.285. The molecule has 0 aliphatic carbocycles. The maximum absolute atomic E-state index is 10.2. The first-order valence-electron chi connectivity index (χ1n) is 3.72. The molecule has 2 nitrogen and oxygen atoms in total. The number of hydrogen-bond acceptors (Lipinski definition) is 1. The van der Waals surface area contributed by atoms with Crippen molar-refractivity contribution >= 4 is 16.8 Å². The molecule has 1 rings (SSSR count). The van der Waals surface area contributed by atoms with Crippen molar-refractivity contribution in [3.63, 3.8) is 0 Å². The second kappa shape index (κ2) is 4.99. The molecular weight excluding hydrogens is 174 g/mol. The predicted molar refractivity (Wildman–Crippen MR) is 51.1 cm³/mol. The summed E-state index contributed by atoms with van der Waals surface area (Å²) in [6.07, 6.45) is 3.75. The molecular formula is C9H14ClNO. The third kappa shape index (κ3) is 5.98. The number of carbonyl (C=O) groups is 1.